The van der Waals surface area contributed by atoms with Crippen LogP contribution >= 0.6 is 0 Å². The number of methoxy groups -OCH3 is 1. The van der Waals surface area contributed by atoms with E-state index in [1.54, 1.807) is 7.11 Å². The van der Waals surface area contributed by atoms with E-state index in [9.17, 15) is 0 Å². The Labute approximate surface area is 138 Å². The summed E-state index contributed by atoms with van der Waals surface area (Å²) in [6.07, 6.45) is 4.81. The zero-order valence-electron chi connectivity index (χ0n) is 13.8. The van der Waals surface area contributed by atoms with E-state index < -0.39 is 0 Å². The average molecular weight is 308 g/mol. The number of hydrogen-bond acceptors (Lipinski definition) is 2. The van der Waals surface area contributed by atoms with Gasteiger partial charge >= 0.3 is 0 Å². The second-order valence-electron chi connectivity index (χ2n) is 6.81. The molecule has 0 aliphatic heterocycles. The highest BCUT2D eigenvalue weighted by Crippen LogP contribution is 2.38. The van der Waals surface area contributed by atoms with Crippen LogP contribution < -0.4 is 0 Å². The molecule has 0 spiro atoms. The van der Waals surface area contributed by atoms with Gasteiger partial charge in [0.15, 0.2) is 0 Å². The second-order valence-corrected chi connectivity index (χ2v) is 6.81. The molecule has 0 saturated carbocycles. The molecule has 1 atom stereocenters. The summed E-state index contributed by atoms with van der Waals surface area (Å²) in [4.78, 5) is 0. The number of hydrogen-bond donors (Lipinski definition) is 0. The Morgan fingerprint density at radius 2 is 1.70 bits per heavy atom. The molecule has 0 radical (unpaired) electrons. The molecular formula is C21H24O2. The van der Waals surface area contributed by atoms with Crippen LogP contribution in [0.15, 0.2) is 36.4 Å². The largest absolute Gasteiger partial charge is 0.380 e. The fraction of sp³-hybridized carbons (Fsp3) is 0.429. The molecule has 2 nitrogen and oxygen atoms in total. The molecule has 4 rings (SSSR count). The quantitative estimate of drug-likeness (QED) is 0.714. The van der Waals surface area contributed by atoms with E-state index in [-0.39, 0.29) is 0 Å². The van der Waals surface area contributed by atoms with Crippen LogP contribution in [0.2, 0.25) is 0 Å². The number of ether oxygens (including phenoxy) is 2. The molecule has 1 unspecified atom stereocenters. The Bertz CT molecular complexity index is 705. The van der Waals surface area contributed by atoms with Crippen molar-refractivity contribution < 1.29 is 9.47 Å². The van der Waals surface area contributed by atoms with Gasteiger partial charge in [-0.25, -0.2) is 0 Å². The van der Waals surface area contributed by atoms with Gasteiger partial charge in [0.1, 0.15) is 0 Å². The summed E-state index contributed by atoms with van der Waals surface area (Å²) in [5, 5.41) is 0. The van der Waals surface area contributed by atoms with Crippen molar-refractivity contribution in [3.63, 3.8) is 0 Å². The highest BCUT2D eigenvalue weighted by molar-refractivity contribution is 5.42. The molecule has 0 N–H and O–H groups in total. The van der Waals surface area contributed by atoms with Crippen LogP contribution in [0.3, 0.4) is 0 Å². The van der Waals surface area contributed by atoms with Crippen molar-refractivity contribution in [3.8, 4) is 0 Å². The molecule has 2 aromatic carbocycles. The summed E-state index contributed by atoms with van der Waals surface area (Å²) in [6.45, 7) is 2.29. The van der Waals surface area contributed by atoms with Gasteiger partial charge in [0.05, 0.1) is 13.2 Å². The Morgan fingerprint density at radius 3 is 2.43 bits per heavy atom. The van der Waals surface area contributed by atoms with Crippen LogP contribution in [0.5, 0.6) is 0 Å². The maximum absolute atomic E-state index is 5.91. The Kier molecular flexibility index (Phi) is 4.19. The van der Waals surface area contributed by atoms with Crippen LogP contribution in [-0.4, -0.2) is 13.7 Å². The minimum Gasteiger partial charge on any atom is -0.380 e. The first-order valence-corrected chi connectivity index (χ1v) is 8.62. The zero-order chi connectivity index (χ0) is 15.6. The van der Waals surface area contributed by atoms with Gasteiger partial charge in [-0.05, 0) is 65.0 Å². The van der Waals surface area contributed by atoms with Gasteiger partial charge < -0.3 is 9.47 Å². The Balaban J connectivity index is 1.25. The van der Waals surface area contributed by atoms with Crippen molar-refractivity contribution in [1.82, 2.24) is 0 Å². The lowest BCUT2D eigenvalue weighted by Crippen LogP contribution is -2.19. The van der Waals surface area contributed by atoms with Crippen molar-refractivity contribution in [1.29, 1.82) is 0 Å². The molecule has 2 aromatic rings. The Morgan fingerprint density at radius 1 is 0.913 bits per heavy atom. The minimum atomic E-state index is 0.665. The van der Waals surface area contributed by atoms with Crippen LogP contribution in [0.4, 0.5) is 0 Å². The SMILES string of the molecule is COCc1ccc2c(c1)C(CCOCc1ccc3c(c1)CC3)C2. The van der Waals surface area contributed by atoms with Gasteiger partial charge in [0.2, 0.25) is 0 Å². The van der Waals surface area contributed by atoms with Gasteiger partial charge in [-0.1, -0.05) is 36.4 Å². The second kappa shape index (κ2) is 6.46. The summed E-state index contributed by atoms with van der Waals surface area (Å²) < 4.78 is 11.1. The van der Waals surface area contributed by atoms with Crippen LogP contribution in [-0.2, 0) is 41.9 Å². The van der Waals surface area contributed by atoms with Gasteiger partial charge in [-0.2, -0.15) is 0 Å². The zero-order valence-corrected chi connectivity index (χ0v) is 13.8. The fourth-order valence-electron chi connectivity index (χ4n) is 3.72. The molecule has 0 fully saturated rings. The molecule has 120 valence electrons. The van der Waals surface area contributed by atoms with E-state index in [0.717, 1.165) is 19.6 Å². The van der Waals surface area contributed by atoms with Crippen molar-refractivity contribution >= 4 is 0 Å². The van der Waals surface area contributed by atoms with E-state index in [1.807, 2.05) is 0 Å². The van der Waals surface area contributed by atoms with E-state index in [1.165, 1.54) is 52.6 Å². The molecule has 23 heavy (non-hydrogen) atoms. The van der Waals surface area contributed by atoms with Crippen molar-refractivity contribution in [2.75, 3.05) is 13.7 Å². The predicted octanol–water partition coefficient (Wildman–Crippen LogP) is 4.18. The van der Waals surface area contributed by atoms with Crippen LogP contribution in [0.25, 0.3) is 0 Å². The Hall–Kier alpha value is -1.64. The lowest BCUT2D eigenvalue weighted by atomic mass is 9.75. The standard InChI is InChI=1S/C21H24O2/c1-22-13-16-3-5-19-12-20(21(19)11-16)8-9-23-14-15-2-4-17-6-7-18(17)10-15/h2-5,10-11,20H,6-9,12-14H2,1H3. The third kappa shape index (κ3) is 3.06. The topological polar surface area (TPSA) is 18.5 Å². The molecule has 2 heteroatoms. The van der Waals surface area contributed by atoms with Crippen molar-refractivity contribution in [3.05, 3.63) is 69.8 Å². The summed E-state index contributed by atoms with van der Waals surface area (Å²) in [5.41, 5.74) is 8.64. The number of aryl methyl sites for hydroxylation is 2. The van der Waals surface area contributed by atoms with E-state index in [0.29, 0.717) is 12.5 Å². The third-order valence-corrected chi connectivity index (χ3v) is 5.24. The molecule has 0 bridgehead atoms. The molecule has 0 aromatic heterocycles. The maximum atomic E-state index is 5.91. The average Bonchev–Trinajstić information content (AvgIpc) is 2.51. The summed E-state index contributed by atoms with van der Waals surface area (Å²) >= 11 is 0. The first-order valence-electron chi connectivity index (χ1n) is 8.62. The molecule has 0 heterocycles. The smallest absolute Gasteiger partial charge is 0.0716 e. The highest BCUT2D eigenvalue weighted by Gasteiger charge is 2.25. The lowest BCUT2D eigenvalue weighted by molar-refractivity contribution is 0.112. The van der Waals surface area contributed by atoms with Gasteiger partial charge in [0, 0.05) is 13.7 Å². The lowest BCUT2D eigenvalue weighted by Gasteiger charge is -2.31. The van der Waals surface area contributed by atoms with Gasteiger partial charge in [-0.3, -0.25) is 0 Å². The van der Waals surface area contributed by atoms with E-state index in [2.05, 4.69) is 36.4 Å². The molecule has 0 saturated heterocycles. The van der Waals surface area contributed by atoms with Crippen LogP contribution in [0, 0.1) is 0 Å². The minimum absolute atomic E-state index is 0.665. The molecule has 2 aliphatic rings. The first kappa shape index (κ1) is 14.9. The highest BCUT2D eigenvalue weighted by atomic mass is 16.5. The van der Waals surface area contributed by atoms with Gasteiger partial charge in [-0.15, -0.1) is 0 Å². The van der Waals surface area contributed by atoms with E-state index in [4.69, 9.17) is 9.47 Å². The van der Waals surface area contributed by atoms with Crippen molar-refractivity contribution in [2.24, 2.45) is 0 Å². The normalized spacial score (nSPS) is 17.9. The molecular weight excluding hydrogens is 284 g/mol. The van der Waals surface area contributed by atoms with Crippen LogP contribution in [0.1, 0.15) is 45.7 Å². The monoisotopic (exact) mass is 308 g/mol. The predicted molar refractivity (Wildman–Crippen MR) is 91.7 cm³/mol. The molecule has 0 amide bonds. The number of rotatable bonds is 7. The summed E-state index contributed by atoms with van der Waals surface area (Å²) in [6, 6.07) is 13.5. The number of benzene rings is 2. The van der Waals surface area contributed by atoms with E-state index >= 15 is 0 Å². The van der Waals surface area contributed by atoms with Crippen molar-refractivity contribution in [2.45, 2.75) is 44.8 Å². The maximum Gasteiger partial charge on any atom is 0.0716 e. The fourth-order valence-corrected chi connectivity index (χ4v) is 3.72. The first-order chi connectivity index (χ1) is 11.3. The van der Waals surface area contributed by atoms with Gasteiger partial charge in [0.25, 0.3) is 0 Å². The third-order valence-electron chi connectivity index (χ3n) is 5.24. The number of fused-ring (bicyclic) bond motifs is 2. The summed E-state index contributed by atoms with van der Waals surface area (Å²) in [5.74, 6) is 0.665. The summed E-state index contributed by atoms with van der Waals surface area (Å²) in [7, 11) is 1.75. The molecule has 2 aliphatic carbocycles.